The Labute approximate surface area is 143 Å². The third-order valence-electron chi connectivity index (χ3n) is 3.00. The minimum Gasteiger partial charge on any atom is -0.478 e. The highest BCUT2D eigenvalue weighted by atomic mass is 35.5. The Morgan fingerprint density at radius 1 is 1.13 bits per heavy atom. The van der Waals surface area contributed by atoms with Gasteiger partial charge in [-0.3, -0.25) is 10.1 Å². The molecule has 118 valence electrons. The lowest BCUT2D eigenvalue weighted by Gasteiger charge is -2.11. The number of carboxylic acid groups (broad SMARTS) is 1. The maximum Gasteiger partial charge on any atom is 0.337 e. The summed E-state index contributed by atoms with van der Waals surface area (Å²) in [7, 11) is 0. The molecule has 0 aliphatic heterocycles. The summed E-state index contributed by atoms with van der Waals surface area (Å²) in [5, 5.41) is 14.5. The Kier molecular flexibility index (Phi) is 5.31. The molecule has 0 bridgehead atoms. The van der Waals surface area contributed by atoms with Crippen LogP contribution in [0.3, 0.4) is 0 Å². The third-order valence-corrected chi connectivity index (χ3v) is 3.53. The Morgan fingerprint density at radius 2 is 1.78 bits per heavy atom. The van der Waals surface area contributed by atoms with Crippen LogP contribution in [0.1, 0.15) is 26.3 Å². The van der Waals surface area contributed by atoms with Crippen LogP contribution in [0.15, 0.2) is 42.5 Å². The van der Waals surface area contributed by atoms with Crippen molar-refractivity contribution >= 4 is 46.5 Å². The highest BCUT2D eigenvalue weighted by molar-refractivity contribution is 7.80. The van der Waals surface area contributed by atoms with E-state index in [4.69, 9.17) is 28.9 Å². The number of rotatable bonds is 3. The van der Waals surface area contributed by atoms with Gasteiger partial charge < -0.3 is 10.4 Å². The van der Waals surface area contributed by atoms with Gasteiger partial charge in [0.1, 0.15) is 0 Å². The molecule has 2 rings (SSSR count). The normalized spacial score (nSPS) is 10.0. The fraction of sp³-hybridized carbons (Fsp3) is 0.0625. The highest BCUT2D eigenvalue weighted by Crippen LogP contribution is 2.20. The van der Waals surface area contributed by atoms with Crippen molar-refractivity contribution in [1.82, 2.24) is 5.32 Å². The molecule has 0 saturated carbocycles. The Hall–Kier alpha value is -2.44. The lowest BCUT2D eigenvalue weighted by Crippen LogP contribution is -2.34. The average Bonchev–Trinajstić information content (AvgIpc) is 2.49. The minimum absolute atomic E-state index is 0.0515. The van der Waals surface area contributed by atoms with Crippen molar-refractivity contribution in [3.63, 3.8) is 0 Å². The molecule has 2 aromatic carbocycles. The molecular weight excluding hydrogens is 336 g/mol. The summed E-state index contributed by atoms with van der Waals surface area (Å²) in [4.78, 5) is 23.1. The molecule has 0 saturated heterocycles. The zero-order valence-corrected chi connectivity index (χ0v) is 13.7. The SMILES string of the molecule is Cc1ccc(C(=O)NC(=S)Nc2ccc(Cl)c(C(=O)O)c2)cc1. The number of benzene rings is 2. The molecule has 0 unspecified atom stereocenters. The van der Waals surface area contributed by atoms with Crippen LogP contribution in [0, 0.1) is 6.92 Å². The second kappa shape index (κ2) is 7.21. The molecule has 0 fully saturated rings. The molecule has 0 aromatic heterocycles. The Balaban J connectivity index is 2.05. The van der Waals surface area contributed by atoms with Gasteiger partial charge in [0.15, 0.2) is 5.11 Å². The van der Waals surface area contributed by atoms with Crippen LogP contribution in [0.2, 0.25) is 5.02 Å². The summed E-state index contributed by atoms with van der Waals surface area (Å²) in [5.41, 5.74) is 1.89. The number of carbonyl (C=O) groups excluding carboxylic acids is 1. The van der Waals surface area contributed by atoms with Gasteiger partial charge in [0.2, 0.25) is 0 Å². The van der Waals surface area contributed by atoms with Crippen molar-refractivity contribution in [3.8, 4) is 0 Å². The number of aryl methyl sites for hydroxylation is 1. The number of thiocarbonyl (C=S) groups is 1. The molecule has 0 aliphatic carbocycles. The number of carboxylic acids is 1. The third kappa shape index (κ3) is 4.51. The number of hydrogen-bond donors (Lipinski definition) is 3. The van der Waals surface area contributed by atoms with E-state index >= 15 is 0 Å². The van der Waals surface area contributed by atoms with E-state index in [1.165, 1.54) is 12.1 Å². The van der Waals surface area contributed by atoms with Crippen molar-refractivity contribution in [3.05, 3.63) is 64.2 Å². The topological polar surface area (TPSA) is 78.4 Å². The number of carbonyl (C=O) groups is 2. The fourth-order valence-electron chi connectivity index (χ4n) is 1.81. The lowest BCUT2D eigenvalue weighted by molar-refractivity contribution is 0.0697. The van der Waals surface area contributed by atoms with Crippen molar-refractivity contribution in [2.45, 2.75) is 6.92 Å². The van der Waals surface area contributed by atoms with Gasteiger partial charge in [-0.05, 0) is 49.5 Å². The molecule has 0 heterocycles. The van der Waals surface area contributed by atoms with Crippen molar-refractivity contribution in [2.24, 2.45) is 0 Å². The van der Waals surface area contributed by atoms with Gasteiger partial charge >= 0.3 is 5.97 Å². The summed E-state index contributed by atoms with van der Waals surface area (Å²) in [6.45, 7) is 1.93. The van der Waals surface area contributed by atoms with Gasteiger partial charge in [0, 0.05) is 11.3 Å². The van der Waals surface area contributed by atoms with E-state index < -0.39 is 5.97 Å². The standard InChI is InChI=1S/C16H13ClN2O3S/c1-9-2-4-10(5-3-9)14(20)19-16(23)18-11-6-7-13(17)12(8-11)15(21)22/h2-8H,1H3,(H,21,22)(H2,18,19,20,23). The van der Waals surface area contributed by atoms with E-state index in [1.54, 1.807) is 18.2 Å². The first-order valence-corrected chi connectivity index (χ1v) is 7.37. The molecular formula is C16H13ClN2O3S. The lowest BCUT2D eigenvalue weighted by atomic mass is 10.1. The number of hydrogen-bond acceptors (Lipinski definition) is 3. The van der Waals surface area contributed by atoms with Crippen LogP contribution in [-0.2, 0) is 0 Å². The van der Waals surface area contributed by atoms with Gasteiger partial charge in [-0.25, -0.2) is 4.79 Å². The summed E-state index contributed by atoms with van der Waals surface area (Å²) >= 11 is 10.9. The predicted octanol–water partition coefficient (Wildman–Crippen LogP) is 3.47. The van der Waals surface area contributed by atoms with Crippen molar-refractivity contribution in [1.29, 1.82) is 0 Å². The Morgan fingerprint density at radius 3 is 2.39 bits per heavy atom. The Bertz CT molecular complexity index is 775. The van der Waals surface area contributed by atoms with E-state index in [2.05, 4.69) is 10.6 Å². The van der Waals surface area contributed by atoms with Crippen LogP contribution in [0.5, 0.6) is 0 Å². The van der Waals surface area contributed by atoms with Gasteiger partial charge in [0.05, 0.1) is 10.6 Å². The number of anilines is 1. The second-order valence-corrected chi connectivity index (χ2v) is 5.59. The van der Waals surface area contributed by atoms with E-state index in [1.807, 2.05) is 19.1 Å². The number of halogens is 1. The molecule has 3 N–H and O–H groups in total. The average molecular weight is 349 g/mol. The van der Waals surface area contributed by atoms with Gasteiger partial charge in [-0.2, -0.15) is 0 Å². The zero-order valence-electron chi connectivity index (χ0n) is 12.1. The molecule has 0 spiro atoms. The quantitative estimate of drug-likeness (QED) is 0.740. The molecule has 0 aliphatic rings. The van der Waals surface area contributed by atoms with Crippen molar-refractivity contribution in [2.75, 3.05) is 5.32 Å². The van der Waals surface area contributed by atoms with Crippen LogP contribution < -0.4 is 10.6 Å². The first kappa shape index (κ1) is 16.9. The first-order chi connectivity index (χ1) is 10.9. The highest BCUT2D eigenvalue weighted by Gasteiger charge is 2.11. The van der Waals surface area contributed by atoms with Crippen LogP contribution >= 0.6 is 23.8 Å². The van der Waals surface area contributed by atoms with Crippen LogP contribution in [-0.4, -0.2) is 22.1 Å². The summed E-state index contributed by atoms with van der Waals surface area (Å²) in [6.07, 6.45) is 0. The molecule has 23 heavy (non-hydrogen) atoms. The van der Waals surface area contributed by atoms with E-state index in [9.17, 15) is 9.59 Å². The largest absolute Gasteiger partial charge is 0.478 e. The fourth-order valence-corrected chi connectivity index (χ4v) is 2.22. The molecule has 0 atom stereocenters. The molecule has 2 aromatic rings. The maximum atomic E-state index is 12.0. The van der Waals surface area contributed by atoms with Gasteiger partial charge in [-0.1, -0.05) is 29.3 Å². The van der Waals surface area contributed by atoms with E-state index in [0.717, 1.165) is 5.56 Å². The maximum absolute atomic E-state index is 12.0. The summed E-state index contributed by atoms with van der Waals surface area (Å²) in [6, 6.07) is 11.4. The van der Waals surface area contributed by atoms with E-state index in [0.29, 0.717) is 11.3 Å². The predicted molar refractivity (Wildman–Crippen MR) is 93.3 cm³/mol. The zero-order chi connectivity index (χ0) is 17.0. The second-order valence-electron chi connectivity index (χ2n) is 4.77. The molecule has 1 amide bonds. The molecule has 5 nitrogen and oxygen atoms in total. The number of amides is 1. The molecule has 7 heteroatoms. The first-order valence-electron chi connectivity index (χ1n) is 6.58. The van der Waals surface area contributed by atoms with Gasteiger partial charge in [0.25, 0.3) is 5.91 Å². The minimum atomic E-state index is -1.15. The van der Waals surface area contributed by atoms with Crippen molar-refractivity contribution < 1.29 is 14.7 Å². The van der Waals surface area contributed by atoms with Crippen LogP contribution in [0.25, 0.3) is 0 Å². The molecule has 0 radical (unpaired) electrons. The van der Waals surface area contributed by atoms with Crippen LogP contribution in [0.4, 0.5) is 5.69 Å². The number of nitrogens with one attached hydrogen (secondary N) is 2. The van der Waals surface area contributed by atoms with E-state index in [-0.39, 0.29) is 21.6 Å². The smallest absolute Gasteiger partial charge is 0.337 e. The summed E-state index contributed by atoms with van der Waals surface area (Å²) in [5.74, 6) is -1.50. The number of aromatic carboxylic acids is 1. The van der Waals surface area contributed by atoms with Gasteiger partial charge in [-0.15, -0.1) is 0 Å². The summed E-state index contributed by atoms with van der Waals surface area (Å²) < 4.78 is 0. The monoisotopic (exact) mass is 348 g/mol.